The standard InChI is InChI=1S/C10H14F3NO5/c1-2-5-19-8(17)6(3-4-7(15)16)14-9(18)10(11,12)13/h6H,2-5H2,1H3,(H,14,18)(H,15,16)/p-1/t6-/m0/s1. The minimum Gasteiger partial charge on any atom is -0.550 e. The Bertz CT molecular complexity index is 343. The van der Waals surface area contributed by atoms with Gasteiger partial charge in [0, 0.05) is 5.97 Å². The van der Waals surface area contributed by atoms with Crippen molar-refractivity contribution in [1.82, 2.24) is 5.32 Å². The minimum atomic E-state index is -5.16. The molecule has 0 aliphatic rings. The monoisotopic (exact) mass is 284 g/mol. The van der Waals surface area contributed by atoms with Crippen LogP contribution in [0, 0.1) is 0 Å². The molecule has 1 atom stereocenters. The van der Waals surface area contributed by atoms with E-state index in [1.165, 1.54) is 5.32 Å². The molecule has 0 fully saturated rings. The smallest absolute Gasteiger partial charge is 0.471 e. The number of halogens is 3. The predicted octanol–water partition coefficient (Wildman–Crippen LogP) is -0.483. The Morgan fingerprint density at radius 1 is 1.32 bits per heavy atom. The van der Waals surface area contributed by atoms with Crippen LogP contribution in [-0.2, 0) is 19.1 Å². The fourth-order valence-electron chi connectivity index (χ4n) is 1.05. The molecule has 19 heavy (non-hydrogen) atoms. The molecule has 110 valence electrons. The maximum Gasteiger partial charge on any atom is 0.471 e. The largest absolute Gasteiger partial charge is 0.550 e. The third kappa shape index (κ3) is 7.27. The lowest BCUT2D eigenvalue weighted by Gasteiger charge is -2.18. The summed E-state index contributed by atoms with van der Waals surface area (Å²) in [6.07, 6.45) is -5.94. The van der Waals surface area contributed by atoms with E-state index in [-0.39, 0.29) is 6.61 Å². The summed E-state index contributed by atoms with van der Waals surface area (Å²) >= 11 is 0. The minimum absolute atomic E-state index is 0.0391. The Kier molecular flexibility index (Phi) is 6.87. The van der Waals surface area contributed by atoms with Gasteiger partial charge in [-0.2, -0.15) is 13.2 Å². The van der Waals surface area contributed by atoms with Crippen LogP contribution in [0.5, 0.6) is 0 Å². The number of ether oxygens (including phenoxy) is 1. The zero-order chi connectivity index (χ0) is 15.1. The second-order valence-corrected chi connectivity index (χ2v) is 3.60. The van der Waals surface area contributed by atoms with Crippen LogP contribution in [0.25, 0.3) is 0 Å². The fourth-order valence-corrected chi connectivity index (χ4v) is 1.05. The molecular formula is C10H13F3NO5-. The number of hydrogen-bond donors (Lipinski definition) is 1. The van der Waals surface area contributed by atoms with Gasteiger partial charge < -0.3 is 20.0 Å². The van der Waals surface area contributed by atoms with E-state index >= 15 is 0 Å². The number of rotatable bonds is 7. The van der Waals surface area contributed by atoms with Crippen molar-refractivity contribution < 1.29 is 37.4 Å². The molecule has 9 heteroatoms. The Balaban J connectivity index is 4.62. The van der Waals surface area contributed by atoms with Crippen LogP contribution in [0.15, 0.2) is 0 Å². The summed E-state index contributed by atoms with van der Waals surface area (Å²) in [6.45, 7) is 1.63. The van der Waals surface area contributed by atoms with Crippen molar-refractivity contribution in [2.75, 3.05) is 6.61 Å². The van der Waals surface area contributed by atoms with Crippen LogP contribution in [-0.4, -0.2) is 36.7 Å². The zero-order valence-electron chi connectivity index (χ0n) is 10.1. The van der Waals surface area contributed by atoms with Crippen LogP contribution >= 0.6 is 0 Å². The summed E-state index contributed by atoms with van der Waals surface area (Å²) in [6, 6.07) is -1.67. The van der Waals surface area contributed by atoms with Crippen LogP contribution in [0.2, 0.25) is 0 Å². The van der Waals surface area contributed by atoms with Crippen molar-refractivity contribution in [3.63, 3.8) is 0 Å². The van der Waals surface area contributed by atoms with E-state index in [9.17, 15) is 32.7 Å². The van der Waals surface area contributed by atoms with Crippen LogP contribution < -0.4 is 10.4 Å². The molecule has 1 N–H and O–H groups in total. The maximum absolute atomic E-state index is 12.0. The second kappa shape index (κ2) is 7.59. The lowest BCUT2D eigenvalue weighted by Crippen LogP contribution is -2.48. The van der Waals surface area contributed by atoms with Gasteiger partial charge in [-0.05, 0) is 19.3 Å². The van der Waals surface area contributed by atoms with E-state index in [1.54, 1.807) is 6.92 Å². The van der Waals surface area contributed by atoms with Crippen molar-refractivity contribution in [3.8, 4) is 0 Å². The van der Waals surface area contributed by atoms with Crippen molar-refractivity contribution in [2.45, 2.75) is 38.4 Å². The van der Waals surface area contributed by atoms with Crippen LogP contribution in [0.4, 0.5) is 13.2 Å². The molecule has 0 aromatic heterocycles. The molecule has 0 rings (SSSR count). The normalized spacial score (nSPS) is 12.6. The molecule has 0 aromatic carbocycles. The molecule has 0 aliphatic carbocycles. The molecule has 0 spiro atoms. The summed E-state index contributed by atoms with van der Waals surface area (Å²) in [4.78, 5) is 32.3. The van der Waals surface area contributed by atoms with Gasteiger partial charge in [0.15, 0.2) is 0 Å². The highest BCUT2D eigenvalue weighted by molar-refractivity contribution is 5.87. The van der Waals surface area contributed by atoms with Crippen molar-refractivity contribution in [1.29, 1.82) is 0 Å². The van der Waals surface area contributed by atoms with E-state index in [4.69, 9.17) is 0 Å². The van der Waals surface area contributed by atoms with Crippen molar-refractivity contribution >= 4 is 17.8 Å². The number of carboxylic acids is 1. The highest BCUT2D eigenvalue weighted by Gasteiger charge is 2.40. The topological polar surface area (TPSA) is 95.5 Å². The molecule has 0 heterocycles. The van der Waals surface area contributed by atoms with Crippen LogP contribution in [0.1, 0.15) is 26.2 Å². The van der Waals surface area contributed by atoms with Gasteiger partial charge in [-0.25, -0.2) is 4.79 Å². The lowest BCUT2D eigenvalue weighted by molar-refractivity contribution is -0.305. The first-order chi connectivity index (χ1) is 8.68. The first kappa shape index (κ1) is 17.2. The molecular weight excluding hydrogens is 271 g/mol. The van der Waals surface area contributed by atoms with Gasteiger partial charge in [0.1, 0.15) is 6.04 Å². The Morgan fingerprint density at radius 3 is 2.32 bits per heavy atom. The van der Waals surface area contributed by atoms with E-state index in [0.717, 1.165) is 0 Å². The number of alkyl halides is 3. The van der Waals surface area contributed by atoms with Gasteiger partial charge in [0.05, 0.1) is 6.61 Å². The average molecular weight is 284 g/mol. The summed E-state index contributed by atoms with van der Waals surface area (Å²) < 4.78 is 40.7. The second-order valence-electron chi connectivity index (χ2n) is 3.60. The Labute approximate surface area is 106 Å². The number of nitrogens with one attached hydrogen (secondary N) is 1. The molecule has 0 radical (unpaired) electrons. The van der Waals surface area contributed by atoms with Crippen molar-refractivity contribution in [2.24, 2.45) is 0 Å². The Hall–Kier alpha value is -1.80. The van der Waals surface area contributed by atoms with Gasteiger partial charge in [-0.15, -0.1) is 0 Å². The summed E-state index contributed by atoms with van der Waals surface area (Å²) in [5.74, 6) is -4.99. The number of amides is 1. The molecule has 0 unspecified atom stereocenters. The van der Waals surface area contributed by atoms with Crippen LogP contribution in [0.3, 0.4) is 0 Å². The number of carboxylic acid groups (broad SMARTS) is 1. The summed E-state index contributed by atoms with van der Waals surface area (Å²) in [5.41, 5.74) is 0. The van der Waals surface area contributed by atoms with Gasteiger partial charge in [-0.3, -0.25) is 4.79 Å². The third-order valence-corrected chi connectivity index (χ3v) is 1.93. The molecule has 0 aliphatic heterocycles. The van der Waals surface area contributed by atoms with Gasteiger partial charge in [0.2, 0.25) is 0 Å². The quantitative estimate of drug-likeness (QED) is 0.637. The number of hydrogen-bond acceptors (Lipinski definition) is 5. The molecule has 1 amide bonds. The Morgan fingerprint density at radius 2 is 1.89 bits per heavy atom. The van der Waals surface area contributed by atoms with E-state index in [2.05, 4.69) is 4.74 Å². The molecule has 0 saturated carbocycles. The van der Waals surface area contributed by atoms with Crippen molar-refractivity contribution in [3.05, 3.63) is 0 Å². The highest BCUT2D eigenvalue weighted by atomic mass is 19.4. The van der Waals surface area contributed by atoms with E-state index in [0.29, 0.717) is 6.42 Å². The number of aliphatic carboxylic acids is 1. The predicted molar refractivity (Wildman–Crippen MR) is 53.5 cm³/mol. The zero-order valence-corrected chi connectivity index (χ0v) is 10.1. The lowest BCUT2D eigenvalue weighted by atomic mass is 10.1. The van der Waals surface area contributed by atoms with Gasteiger partial charge >= 0.3 is 18.1 Å². The number of esters is 1. The molecule has 6 nitrogen and oxygen atoms in total. The number of carbonyl (C=O) groups excluding carboxylic acids is 3. The van der Waals surface area contributed by atoms with Gasteiger partial charge in [0.25, 0.3) is 0 Å². The summed E-state index contributed by atoms with van der Waals surface area (Å²) in [5, 5.41) is 11.6. The molecule has 0 saturated heterocycles. The van der Waals surface area contributed by atoms with E-state index < -0.39 is 42.9 Å². The average Bonchev–Trinajstić information content (AvgIpc) is 2.29. The van der Waals surface area contributed by atoms with Gasteiger partial charge in [-0.1, -0.05) is 6.92 Å². The SMILES string of the molecule is CCCOC(=O)[C@H](CCC(=O)[O-])NC(=O)C(F)(F)F. The summed E-state index contributed by atoms with van der Waals surface area (Å²) in [7, 11) is 0. The maximum atomic E-state index is 12.0. The highest BCUT2D eigenvalue weighted by Crippen LogP contribution is 2.15. The third-order valence-electron chi connectivity index (χ3n) is 1.93. The number of carbonyl (C=O) groups is 3. The molecule has 0 bridgehead atoms. The molecule has 0 aromatic rings. The van der Waals surface area contributed by atoms with E-state index in [1.807, 2.05) is 0 Å². The first-order valence-corrected chi connectivity index (χ1v) is 5.42. The fraction of sp³-hybridized carbons (Fsp3) is 0.700. The first-order valence-electron chi connectivity index (χ1n) is 5.42.